The molecule has 0 atom stereocenters. The van der Waals surface area contributed by atoms with Gasteiger partial charge in [0.05, 0.1) is 4.88 Å². The van der Waals surface area contributed by atoms with E-state index < -0.39 is 0 Å². The molecular formula is C20H23N5O3S. The van der Waals surface area contributed by atoms with E-state index in [1.54, 1.807) is 23.6 Å². The van der Waals surface area contributed by atoms with Crippen molar-refractivity contribution < 1.29 is 14.1 Å². The molecule has 0 saturated carbocycles. The van der Waals surface area contributed by atoms with Crippen LogP contribution in [-0.2, 0) is 6.42 Å². The van der Waals surface area contributed by atoms with Crippen LogP contribution in [0.2, 0.25) is 0 Å². The van der Waals surface area contributed by atoms with Crippen molar-refractivity contribution in [3.8, 4) is 10.7 Å². The predicted octanol–water partition coefficient (Wildman–Crippen LogP) is 2.72. The summed E-state index contributed by atoms with van der Waals surface area (Å²) < 4.78 is 5.34. The molecule has 9 heteroatoms. The lowest BCUT2D eigenvalue weighted by Gasteiger charge is -2.34. The van der Waals surface area contributed by atoms with Crippen molar-refractivity contribution in [2.45, 2.75) is 19.8 Å². The van der Waals surface area contributed by atoms with E-state index in [4.69, 9.17) is 4.52 Å². The zero-order chi connectivity index (χ0) is 20.2. The van der Waals surface area contributed by atoms with Gasteiger partial charge in [-0.1, -0.05) is 11.2 Å². The smallest absolute Gasteiger partial charge is 0.270 e. The van der Waals surface area contributed by atoms with Crippen LogP contribution in [-0.4, -0.2) is 69.3 Å². The first-order valence-corrected chi connectivity index (χ1v) is 10.6. The summed E-state index contributed by atoms with van der Waals surface area (Å²) in [6, 6.07) is 5.58. The van der Waals surface area contributed by atoms with Crippen molar-refractivity contribution in [1.29, 1.82) is 0 Å². The number of carbonyl (C=O) groups excluding carboxylic acids is 2. The molecule has 4 heterocycles. The Morgan fingerprint density at radius 3 is 2.79 bits per heavy atom. The second kappa shape index (κ2) is 8.71. The summed E-state index contributed by atoms with van der Waals surface area (Å²) >= 11 is 1.60. The fraction of sp³-hybridized carbons (Fsp3) is 0.400. The van der Waals surface area contributed by atoms with Gasteiger partial charge in [0, 0.05) is 44.4 Å². The Morgan fingerprint density at radius 2 is 2.10 bits per heavy atom. The average molecular weight is 414 g/mol. The number of amides is 1. The van der Waals surface area contributed by atoms with Crippen molar-refractivity contribution in [1.82, 2.24) is 24.9 Å². The number of Topliss-reactive ketones (excluding diaryl/α,β-unsaturated/α-hetero) is 1. The number of nitrogens with one attached hydrogen (secondary N) is 1. The summed E-state index contributed by atoms with van der Waals surface area (Å²) in [6.07, 6.45) is 3.26. The van der Waals surface area contributed by atoms with Gasteiger partial charge in [0.15, 0.2) is 5.78 Å². The Morgan fingerprint density at radius 1 is 1.28 bits per heavy atom. The van der Waals surface area contributed by atoms with Gasteiger partial charge >= 0.3 is 0 Å². The first-order valence-electron chi connectivity index (χ1n) is 9.67. The molecule has 3 aromatic heterocycles. The maximum absolute atomic E-state index is 12.6. The fourth-order valence-electron chi connectivity index (χ4n) is 3.38. The van der Waals surface area contributed by atoms with Crippen molar-refractivity contribution in [2.24, 2.45) is 0 Å². The largest absolute Gasteiger partial charge is 0.356 e. The van der Waals surface area contributed by atoms with Crippen molar-refractivity contribution >= 4 is 23.0 Å². The number of ketones is 1. The van der Waals surface area contributed by atoms with E-state index in [0.717, 1.165) is 37.4 Å². The van der Waals surface area contributed by atoms with E-state index in [1.165, 1.54) is 6.92 Å². The number of aryl methyl sites for hydroxylation is 1. The minimum atomic E-state index is -0.0517. The van der Waals surface area contributed by atoms with Gasteiger partial charge in [-0.15, -0.1) is 11.3 Å². The Hall–Kier alpha value is -2.78. The Labute approximate surface area is 172 Å². The monoisotopic (exact) mass is 413 g/mol. The Balaban J connectivity index is 1.21. The van der Waals surface area contributed by atoms with Crippen molar-refractivity contribution in [2.75, 3.05) is 32.7 Å². The highest BCUT2D eigenvalue weighted by molar-refractivity contribution is 7.13. The number of rotatable bonds is 7. The van der Waals surface area contributed by atoms with Crippen LogP contribution < -0.4 is 0 Å². The molecule has 0 spiro atoms. The fourth-order valence-corrected chi connectivity index (χ4v) is 4.03. The second-order valence-corrected chi connectivity index (χ2v) is 8.03. The van der Waals surface area contributed by atoms with Gasteiger partial charge in [-0.3, -0.25) is 14.5 Å². The van der Waals surface area contributed by atoms with Crippen LogP contribution in [0.15, 0.2) is 34.3 Å². The van der Waals surface area contributed by atoms with Crippen LogP contribution in [0, 0.1) is 0 Å². The van der Waals surface area contributed by atoms with Gasteiger partial charge in [-0.25, -0.2) is 0 Å². The normalized spacial score (nSPS) is 15.0. The van der Waals surface area contributed by atoms with Crippen LogP contribution in [0.4, 0.5) is 0 Å². The third kappa shape index (κ3) is 4.63. The number of H-pyrrole nitrogens is 1. The number of thiophene rings is 1. The highest BCUT2D eigenvalue weighted by Gasteiger charge is 2.23. The van der Waals surface area contributed by atoms with E-state index in [0.29, 0.717) is 36.1 Å². The van der Waals surface area contributed by atoms with E-state index in [2.05, 4.69) is 20.0 Å². The summed E-state index contributed by atoms with van der Waals surface area (Å²) in [5, 5.41) is 6.03. The number of carbonyl (C=O) groups is 2. The molecular weight excluding hydrogens is 390 g/mol. The van der Waals surface area contributed by atoms with Crippen molar-refractivity contribution in [3.63, 3.8) is 0 Å². The van der Waals surface area contributed by atoms with Crippen LogP contribution >= 0.6 is 11.3 Å². The second-order valence-electron chi connectivity index (χ2n) is 7.08. The van der Waals surface area contributed by atoms with Crippen LogP contribution in [0.3, 0.4) is 0 Å². The van der Waals surface area contributed by atoms with E-state index >= 15 is 0 Å². The quantitative estimate of drug-likeness (QED) is 0.599. The maximum atomic E-state index is 12.6. The van der Waals surface area contributed by atoms with E-state index in [9.17, 15) is 9.59 Å². The summed E-state index contributed by atoms with van der Waals surface area (Å²) in [5.41, 5.74) is 1.01. The molecule has 1 fully saturated rings. The first-order chi connectivity index (χ1) is 14.1. The summed E-state index contributed by atoms with van der Waals surface area (Å²) in [4.78, 5) is 36.5. The molecule has 0 aliphatic carbocycles. The van der Waals surface area contributed by atoms with E-state index in [1.807, 2.05) is 22.4 Å². The number of hydrogen-bond donors (Lipinski definition) is 1. The Kier molecular flexibility index (Phi) is 5.86. The zero-order valence-electron chi connectivity index (χ0n) is 16.3. The molecule has 1 aliphatic rings. The molecule has 4 rings (SSSR count). The zero-order valence-corrected chi connectivity index (χ0v) is 17.1. The molecule has 8 nitrogen and oxygen atoms in total. The number of nitrogens with zero attached hydrogens (tertiary/aromatic N) is 4. The SMILES string of the molecule is CC(=O)c1c[nH]c(C(=O)N2CCN(CCCc3nc(-c4cccs4)no3)CC2)c1. The topological polar surface area (TPSA) is 95.3 Å². The molecule has 0 radical (unpaired) electrons. The first kappa shape index (κ1) is 19.5. The molecule has 152 valence electrons. The summed E-state index contributed by atoms with van der Waals surface area (Å²) in [7, 11) is 0. The number of aromatic amines is 1. The predicted molar refractivity (Wildman–Crippen MR) is 109 cm³/mol. The molecule has 0 aromatic carbocycles. The molecule has 3 aromatic rings. The molecule has 29 heavy (non-hydrogen) atoms. The summed E-state index contributed by atoms with van der Waals surface area (Å²) in [5.74, 6) is 1.22. The molecule has 1 saturated heterocycles. The van der Waals surface area contributed by atoms with Crippen molar-refractivity contribution in [3.05, 3.63) is 46.9 Å². The van der Waals surface area contributed by atoms with Gasteiger partial charge in [0.25, 0.3) is 5.91 Å². The lowest BCUT2D eigenvalue weighted by molar-refractivity contribution is 0.0630. The lowest BCUT2D eigenvalue weighted by atomic mass is 10.2. The molecule has 0 bridgehead atoms. The average Bonchev–Trinajstić information content (AvgIpc) is 3.48. The minimum absolute atomic E-state index is 0.0473. The minimum Gasteiger partial charge on any atom is -0.356 e. The van der Waals surface area contributed by atoms with Gasteiger partial charge < -0.3 is 14.4 Å². The highest BCUT2D eigenvalue weighted by atomic mass is 32.1. The molecule has 1 aliphatic heterocycles. The highest BCUT2D eigenvalue weighted by Crippen LogP contribution is 2.21. The Bertz CT molecular complexity index is 970. The number of piperazine rings is 1. The standard InChI is InChI=1S/C20H23N5O3S/c1-14(26)15-12-16(21-13-15)20(27)25-9-7-24(8-10-25)6-2-5-18-22-19(23-28-18)17-4-3-11-29-17/h3-4,11-13,21H,2,5-10H2,1H3. The van der Waals surface area contributed by atoms with Gasteiger partial charge in [-0.2, -0.15) is 4.98 Å². The van der Waals surface area contributed by atoms with Gasteiger partial charge in [-0.05, 0) is 37.4 Å². The van der Waals surface area contributed by atoms with Gasteiger partial charge in [0.1, 0.15) is 5.69 Å². The third-order valence-corrected chi connectivity index (χ3v) is 5.92. The van der Waals surface area contributed by atoms with Crippen LogP contribution in [0.1, 0.15) is 40.1 Å². The third-order valence-electron chi connectivity index (χ3n) is 5.05. The van der Waals surface area contributed by atoms with Crippen LogP contribution in [0.5, 0.6) is 0 Å². The van der Waals surface area contributed by atoms with E-state index in [-0.39, 0.29) is 11.7 Å². The number of aromatic nitrogens is 3. The molecule has 1 N–H and O–H groups in total. The maximum Gasteiger partial charge on any atom is 0.270 e. The summed E-state index contributed by atoms with van der Waals surface area (Å²) in [6.45, 7) is 5.43. The molecule has 0 unspecified atom stereocenters. The van der Waals surface area contributed by atoms with Gasteiger partial charge in [0.2, 0.25) is 11.7 Å². The lowest BCUT2D eigenvalue weighted by Crippen LogP contribution is -2.49. The van der Waals surface area contributed by atoms with Crippen LogP contribution in [0.25, 0.3) is 10.7 Å². The molecule has 1 amide bonds. The number of hydrogen-bond acceptors (Lipinski definition) is 7.